The van der Waals surface area contributed by atoms with Gasteiger partial charge < -0.3 is 10.2 Å². The first-order valence-electron chi connectivity index (χ1n) is 7.94. The van der Waals surface area contributed by atoms with Crippen molar-refractivity contribution in [3.8, 4) is 0 Å². The van der Waals surface area contributed by atoms with Gasteiger partial charge in [-0.25, -0.2) is 0 Å². The predicted molar refractivity (Wildman–Crippen MR) is 98.1 cm³/mol. The van der Waals surface area contributed by atoms with Crippen LogP contribution < -0.4 is 5.32 Å². The van der Waals surface area contributed by atoms with Crippen LogP contribution in [0.5, 0.6) is 0 Å². The lowest BCUT2D eigenvalue weighted by Gasteiger charge is -2.24. The number of hydrogen-bond donors (Lipinski definition) is 1. The van der Waals surface area contributed by atoms with Crippen molar-refractivity contribution in [1.29, 1.82) is 0 Å². The highest BCUT2D eigenvalue weighted by molar-refractivity contribution is 6.35. The normalized spacial score (nSPS) is 16.8. The number of aromatic nitrogens is 1. The molecule has 0 aliphatic carbocycles. The van der Waals surface area contributed by atoms with Gasteiger partial charge in [-0.2, -0.15) is 0 Å². The van der Waals surface area contributed by atoms with Gasteiger partial charge in [0.2, 0.25) is 5.91 Å². The van der Waals surface area contributed by atoms with Gasteiger partial charge in [-0.15, -0.1) is 0 Å². The van der Waals surface area contributed by atoms with Crippen LogP contribution in [0.2, 0.25) is 10.0 Å². The smallest absolute Gasteiger partial charge is 0.256 e. The zero-order valence-electron chi connectivity index (χ0n) is 13.6. The van der Waals surface area contributed by atoms with Crippen molar-refractivity contribution in [2.75, 3.05) is 11.9 Å². The van der Waals surface area contributed by atoms with Gasteiger partial charge in [-0.05, 0) is 50.1 Å². The van der Waals surface area contributed by atoms with E-state index in [1.54, 1.807) is 41.4 Å². The number of nitrogens with zero attached hydrogens (tertiary/aromatic N) is 2. The van der Waals surface area contributed by atoms with Gasteiger partial charge in [0.05, 0.1) is 5.56 Å². The van der Waals surface area contributed by atoms with E-state index in [1.807, 2.05) is 6.92 Å². The summed E-state index contributed by atoms with van der Waals surface area (Å²) in [6.45, 7) is 2.40. The van der Waals surface area contributed by atoms with E-state index in [0.717, 1.165) is 12.1 Å². The SMILES string of the molecule is Cc1ccc(C(=O)N2CCC[C@@H]2C(=O)Nc2cc(Cl)cc(Cl)c2)cn1. The second-order valence-corrected chi connectivity index (χ2v) is 6.87. The van der Waals surface area contributed by atoms with Gasteiger partial charge in [-0.3, -0.25) is 14.6 Å². The minimum Gasteiger partial charge on any atom is -0.327 e. The molecule has 0 unspecified atom stereocenters. The zero-order chi connectivity index (χ0) is 18.0. The van der Waals surface area contributed by atoms with Gasteiger partial charge in [0.1, 0.15) is 6.04 Å². The third-order valence-corrected chi connectivity index (χ3v) is 4.54. The zero-order valence-corrected chi connectivity index (χ0v) is 15.1. The second-order valence-electron chi connectivity index (χ2n) is 5.99. The predicted octanol–water partition coefficient (Wildman–Crippen LogP) is 3.94. The summed E-state index contributed by atoms with van der Waals surface area (Å²) >= 11 is 11.9. The number of aryl methyl sites for hydroxylation is 1. The highest BCUT2D eigenvalue weighted by Crippen LogP contribution is 2.25. The summed E-state index contributed by atoms with van der Waals surface area (Å²) in [4.78, 5) is 31.1. The number of anilines is 1. The number of benzene rings is 1. The van der Waals surface area contributed by atoms with E-state index in [1.165, 1.54) is 0 Å². The van der Waals surface area contributed by atoms with E-state index in [-0.39, 0.29) is 11.8 Å². The lowest BCUT2D eigenvalue weighted by atomic mass is 10.1. The molecule has 2 aromatic rings. The summed E-state index contributed by atoms with van der Waals surface area (Å²) < 4.78 is 0. The summed E-state index contributed by atoms with van der Waals surface area (Å²) in [6, 6.07) is 7.83. The van der Waals surface area contributed by atoms with Crippen LogP contribution in [0.3, 0.4) is 0 Å². The topological polar surface area (TPSA) is 62.3 Å². The first-order chi connectivity index (χ1) is 11.9. The molecule has 1 aliphatic heterocycles. The summed E-state index contributed by atoms with van der Waals surface area (Å²) in [5, 5.41) is 3.67. The number of halogens is 2. The quantitative estimate of drug-likeness (QED) is 0.880. The Bertz CT molecular complexity index is 788. The maximum Gasteiger partial charge on any atom is 0.256 e. The van der Waals surface area contributed by atoms with E-state index in [4.69, 9.17) is 23.2 Å². The Kier molecular flexibility index (Phi) is 5.25. The molecule has 0 saturated carbocycles. The van der Waals surface area contributed by atoms with Crippen LogP contribution in [0, 0.1) is 6.92 Å². The van der Waals surface area contributed by atoms with Crippen molar-refractivity contribution in [2.45, 2.75) is 25.8 Å². The number of pyridine rings is 1. The highest BCUT2D eigenvalue weighted by atomic mass is 35.5. The molecule has 1 aliphatic rings. The molecular weight excluding hydrogens is 361 g/mol. The highest BCUT2D eigenvalue weighted by Gasteiger charge is 2.34. The maximum absolute atomic E-state index is 12.7. The Balaban J connectivity index is 1.75. The number of carbonyl (C=O) groups is 2. The number of amides is 2. The number of hydrogen-bond acceptors (Lipinski definition) is 3. The van der Waals surface area contributed by atoms with Crippen LogP contribution in [0.25, 0.3) is 0 Å². The average Bonchev–Trinajstić information content (AvgIpc) is 3.03. The Labute approximate surface area is 155 Å². The van der Waals surface area contributed by atoms with Crippen LogP contribution in [0.1, 0.15) is 28.9 Å². The third kappa shape index (κ3) is 4.11. The molecule has 1 saturated heterocycles. The molecular formula is C18H17Cl2N3O2. The fraction of sp³-hybridized carbons (Fsp3) is 0.278. The molecule has 25 heavy (non-hydrogen) atoms. The van der Waals surface area contributed by atoms with Gasteiger partial charge in [0, 0.05) is 34.2 Å². The van der Waals surface area contributed by atoms with Gasteiger partial charge in [-0.1, -0.05) is 23.2 Å². The minimum absolute atomic E-state index is 0.186. The summed E-state index contributed by atoms with van der Waals surface area (Å²) in [6.07, 6.45) is 2.94. The fourth-order valence-electron chi connectivity index (χ4n) is 2.89. The molecule has 1 aromatic carbocycles. The van der Waals surface area contributed by atoms with E-state index in [0.29, 0.717) is 34.3 Å². The van der Waals surface area contributed by atoms with Crippen LogP contribution in [-0.2, 0) is 4.79 Å². The Morgan fingerprint density at radius 2 is 1.92 bits per heavy atom. The van der Waals surface area contributed by atoms with Crippen LogP contribution >= 0.6 is 23.2 Å². The van der Waals surface area contributed by atoms with Crippen LogP contribution in [0.15, 0.2) is 36.5 Å². The number of likely N-dealkylation sites (tertiary alicyclic amines) is 1. The molecule has 0 radical (unpaired) electrons. The van der Waals surface area contributed by atoms with Gasteiger partial charge >= 0.3 is 0 Å². The lowest BCUT2D eigenvalue weighted by Crippen LogP contribution is -2.43. The van der Waals surface area contributed by atoms with Crippen molar-refractivity contribution >= 4 is 40.7 Å². The number of carbonyl (C=O) groups excluding carboxylic acids is 2. The molecule has 2 amide bonds. The van der Waals surface area contributed by atoms with E-state index < -0.39 is 6.04 Å². The molecule has 0 bridgehead atoms. The standard InChI is InChI=1S/C18H17Cl2N3O2/c1-11-4-5-12(10-21-11)18(25)23-6-2-3-16(23)17(24)22-15-8-13(19)7-14(20)9-15/h4-5,7-10,16H,2-3,6H2,1H3,(H,22,24)/t16-/m1/s1. The van der Waals surface area contributed by atoms with Crippen molar-refractivity contribution in [3.63, 3.8) is 0 Å². The molecule has 5 nitrogen and oxygen atoms in total. The van der Waals surface area contributed by atoms with Crippen molar-refractivity contribution < 1.29 is 9.59 Å². The van der Waals surface area contributed by atoms with E-state index >= 15 is 0 Å². The second kappa shape index (κ2) is 7.42. The minimum atomic E-state index is -0.522. The van der Waals surface area contributed by atoms with Crippen molar-refractivity contribution in [3.05, 3.63) is 57.8 Å². The molecule has 7 heteroatoms. The molecule has 130 valence electrons. The average molecular weight is 378 g/mol. The Morgan fingerprint density at radius 3 is 2.56 bits per heavy atom. The molecule has 1 aromatic heterocycles. The van der Waals surface area contributed by atoms with Gasteiger partial charge in [0.25, 0.3) is 5.91 Å². The monoisotopic (exact) mass is 377 g/mol. The molecule has 3 rings (SSSR count). The first-order valence-corrected chi connectivity index (χ1v) is 8.70. The Morgan fingerprint density at radius 1 is 1.20 bits per heavy atom. The number of rotatable bonds is 3. The largest absolute Gasteiger partial charge is 0.327 e. The third-order valence-electron chi connectivity index (χ3n) is 4.10. The van der Waals surface area contributed by atoms with Crippen molar-refractivity contribution in [1.82, 2.24) is 9.88 Å². The maximum atomic E-state index is 12.7. The molecule has 1 fully saturated rings. The summed E-state index contributed by atoms with van der Waals surface area (Å²) in [7, 11) is 0. The van der Waals surface area contributed by atoms with Crippen LogP contribution in [0.4, 0.5) is 5.69 Å². The van der Waals surface area contributed by atoms with E-state index in [2.05, 4.69) is 10.3 Å². The fourth-order valence-corrected chi connectivity index (χ4v) is 3.42. The molecule has 2 heterocycles. The molecule has 0 spiro atoms. The molecule has 1 N–H and O–H groups in total. The lowest BCUT2D eigenvalue weighted by molar-refractivity contribution is -0.119. The Hall–Kier alpha value is -2.11. The molecule has 1 atom stereocenters. The van der Waals surface area contributed by atoms with Crippen molar-refractivity contribution in [2.24, 2.45) is 0 Å². The summed E-state index contributed by atoms with van der Waals surface area (Å²) in [5.41, 5.74) is 1.83. The first kappa shape index (κ1) is 17.7. The van der Waals surface area contributed by atoms with Gasteiger partial charge in [0.15, 0.2) is 0 Å². The summed E-state index contributed by atoms with van der Waals surface area (Å²) in [5.74, 6) is -0.432. The van der Waals surface area contributed by atoms with E-state index in [9.17, 15) is 9.59 Å². The number of nitrogens with one attached hydrogen (secondary N) is 1. The van der Waals surface area contributed by atoms with Crippen LogP contribution in [-0.4, -0.2) is 34.3 Å².